The molecule has 3 heterocycles. The number of carbonyl (C=O) groups is 1. The van der Waals surface area contributed by atoms with E-state index < -0.39 is 0 Å². The Kier molecular flexibility index (Phi) is 6.27. The van der Waals surface area contributed by atoms with Crippen molar-refractivity contribution in [2.45, 2.75) is 51.6 Å². The lowest BCUT2D eigenvalue weighted by Crippen LogP contribution is -2.34. The molecule has 1 fully saturated rings. The summed E-state index contributed by atoms with van der Waals surface area (Å²) >= 11 is 0. The number of benzene rings is 1. The van der Waals surface area contributed by atoms with Crippen LogP contribution in [-0.4, -0.2) is 47.6 Å². The molecular weight excluding hydrogens is 383 g/mol. The zero-order valence-corrected chi connectivity index (χ0v) is 17.7. The Hall–Kier alpha value is -2.54. The van der Waals surface area contributed by atoms with Crippen molar-refractivity contribution in [3.05, 3.63) is 52.7 Å². The molecule has 2 aliphatic rings. The van der Waals surface area contributed by atoms with E-state index >= 15 is 0 Å². The topological polar surface area (TPSA) is 58.6 Å². The molecule has 1 saturated heterocycles. The Morgan fingerprint density at radius 1 is 1.20 bits per heavy atom. The highest BCUT2D eigenvalue weighted by atomic mass is 19.1. The first kappa shape index (κ1) is 20.7. The first-order valence-corrected chi connectivity index (χ1v) is 10.7. The molecule has 0 aliphatic carbocycles. The van der Waals surface area contributed by atoms with E-state index in [1.807, 2.05) is 24.0 Å². The van der Waals surface area contributed by atoms with Crippen molar-refractivity contribution in [1.29, 1.82) is 0 Å². The molecule has 4 rings (SSSR count). The summed E-state index contributed by atoms with van der Waals surface area (Å²) in [6.07, 6.45) is 4.23. The lowest BCUT2D eigenvalue weighted by molar-refractivity contribution is -0.133. The van der Waals surface area contributed by atoms with E-state index in [1.54, 1.807) is 7.11 Å². The Bertz CT molecular complexity index is 903. The largest absolute Gasteiger partial charge is 0.384 e. The Labute approximate surface area is 177 Å². The third-order valence-corrected chi connectivity index (χ3v) is 6.04. The highest BCUT2D eigenvalue weighted by Crippen LogP contribution is 2.35. The van der Waals surface area contributed by atoms with Crippen molar-refractivity contribution < 1.29 is 13.9 Å². The van der Waals surface area contributed by atoms with Crippen molar-refractivity contribution >= 4 is 11.7 Å². The lowest BCUT2D eigenvalue weighted by atomic mass is 10.0. The number of methoxy groups -OCH3 is 1. The average molecular weight is 413 g/mol. The third-order valence-electron chi connectivity index (χ3n) is 6.04. The predicted octanol–water partition coefficient (Wildman–Crippen LogP) is 3.58. The first-order valence-electron chi connectivity index (χ1n) is 10.7. The average Bonchev–Trinajstić information content (AvgIpc) is 3.24. The van der Waals surface area contributed by atoms with Gasteiger partial charge in [0.15, 0.2) is 5.82 Å². The Morgan fingerprint density at radius 3 is 2.77 bits per heavy atom. The van der Waals surface area contributed by atoms with E-state index in [4.69, 9.17) is 14.7 Å². The molecule has 30 heavy (non-hydrogen) atoms. The number of rotatable bonds is 6. The van der Waals surface area contributed by atoms with Gasteiger partial charge in [0.05, 0.1) is 19.1 Å². The number of amides is 1. The summed E-state index contributed by atoms with van der Waals surface area (Å²) in [5.41, 5.74) is 3.23. The zero-order valence-electron chi connectivity index (χ0n) is 17.7. The van der Waals surface area contributed by atoms with Crippen molar-refractivity contribution in [3.8, 4) is 0 Å². The van der Waals surface area contributed by atoms with Gasteiger partial charge in [-0.25, -0.2) is 14.4 Å². The predicted molar refractivity (Wildman–Crippen MR) is 113 cm³/mol. The quantitative estimate of drug-likeness (QED) is 0.726. The van der Waals surface area contributed by atoms with Gasteiger partial charge in [0, 0.05) is 38.0 Å². The molecule has 160 valence electrons. The van der Waals surface area contributed by atoms with Crippen molar-refractivity contribution in [3.63, 3.8) is 0 Å². The number of aromatic nitrogens is 2. The van der Waals surface area contributed by atoms with Gasteiger partial charge in [-0.15, -0.1) is 0 Å². The van der Waals surface area contributed by atoms with Crippen LogP contribution in [0, 0.1) is 12.7 Å². The Balaban J connectivity index is 1.61. The normalized spacial score (nSPS) is 18.6. The third kappa shape index (κ3) is 4.31. The first-order chi connectivity index (χ1) is 14.6. The summed E-state index contributed by atoms with van der Waals surface area (Å²) in [6, 6.07) is 6.57. The second kappa shape index (κ2) is 9.08. The molecule has 0 unspecified atom stereocenters. The van der Waals surface area contributed by atoms with Crippen LogP contribution < -0.4 is 4.90 Å². The minimum Gasteiger partial charge on any atom is -0.384 e. The summed E-state index contributed by atoms with van der Waals surface area (Å²) in [5.74, 6) is 1.57. The van der Waals surface area contributed by atoms with E-state index in [-0.39, 0.29) is 17.8 Å². The van der Waals surface area contributed by atoms with Gasteiger partial charge in [-0.05, 0) is 50.3 Å². The molecule has 6 nitrogen and oxygen atoms in total. The molecule has 0 spiro atoms. The van der Waals surface area contributed by atoms with Crippen LogP contribution >= 0.6 is 0 Å². The SMILES string of the molecule is COCCC(=O)N1CCC[C@@H]1c1nc(C)c2c(n1)N(Cc1ccc(F)cc1)CCC2. The number of likely N-dealkylation sites (tertiary alicyclic amines) is 1. The molecule has 2 aliphatic heterocycles. The zero-order chi connectivity index (χ0) is 21.1. The van der Waals surface area contributed by atoms with E-state index in [2.05, 4.69) is 4.90 Å². The second-order valence-electron chi connectivity index (χ2n) is 8.11. The fourth-order valence-corrected chi connectivity index (χ4v) is 4.49. The number of nitrogens with zero attached hydrogens (tertiary/aromatic N) is 4. The molecule has 1 atom stereocenters. The van der Waals surface area contributed by atoms with Crippen LogP contribution in [0.25, 0.3) is 0 Å². The number of ether oxygens (including phenoxy) is 1. The fourth-order valence-electron chi connectivity index (χ4n) is 4.49. The molecule has 7 heteroatoms. The molecule has 1 aromatic carbocycles. The maximum atomic E-state index is 13.3. The van der Waals surface area contributed by atoms with Crippen LogP contribution in [0.15, 0.2) is 24.3 Å². The summed E-state index contributed by atoms with van der Waals surface area (Å²) in [7, 11) is 1.61. The van der Waals surface area contributed by atoms with Crippen LogP contribution in [0.5, 0.6) is 0 Å². The smallest absolute Gasteiger partial charge is 0.225 e. The number of hydrogen-bond acceptors (Lipinski definition) is 5. The van der Waals surface area contributed by atoms with Gasteiger partial charge in [-0.3, -0.25) is 4.79 Å². The number of hydrogen-bond donors (Lipinski definition) is 0. The van der Waals surface area contributed by atoms with Gasteiger partial charge < -0.3 is 14.5 Å². The summed E-state index contributed by atoms with van der Waals surface area (Å²) in [5, 5.41) is 0. The molecule has 1 aromatic heterocycles. The molecule has 0 radical (unpaired) electrons. The van der Waals surface area contributed by atoms with Gasteiger partial charge in [0.2, 0.25) is 5.91 Å². The number of carbonyl (C=O) groups excluding carboxylic acids is 1. The summed E-state index contributed by atoms with van der Waals surface area (Å²) in [4.78, 5) is 26.6. The van der Waals surface area contributed by atoms with Crippen LogP contribution in [-0.2, 0) is 22.5 Å². The number of anilines is 1. The van der Waals surface area contributed by atoms with Gasteiger partial charge >= 0.3 is 0 Å². The van der Waals surface area contributed by atoms with Crippen molar-refractivity contribution in [2.75, 3.05) is 31.7 Å². The number of aryl methyl sites for hydroxylation is 1. The van der Waals surface area contributed by atoms with E-state index in [9.17, 15) is 9.18 Å². The number of fused-ring (bicyclic) bond motifs is 1. The molecule has 0 bridgehead atoms. The highest BCUT2D eigenvalue weighted by Gasteiger charge is 2.33. The molecule has 2 aromatic rings. The Morgan fingerprint density at radius 2 is 2.00 bits per heavy atom. The van der Waals surface area contributed by atoms with Gasteiger partial charge in [-0.2, -0.15) is 0 Å². The fraction of sp³-hybridized carbons (Fsp3) is 0.522. The summed E-state index contributed by atoms with van der Waals surface area (Å²) < 4.78 is 18.4. The monoisotopic (exact) mass is 412 g/mol. The molecular formula is C23H29FN4O2. The minimum atomic E-state index is -0.224. The van der Waals surface area contributed by atoms with E-state index in [0.717, 1.165) is 61.7 Å². The second-order valence-corrected chi connectivity index (χ2v) is 8.11. The van der Waals surface area contributed by atoms with E-state index in [1.165, 1.54) is 17.7 Å². The van der Waals surface area contributed by atoms with Crippen molar-refractivity contribution in [1.82, 2.24) is 14.9 Å². The van der Waals surface area contributed by atoms with E-state index in [0.29, 0.717) is 19.6 Å². The van der Waals surface area contributed by atoms with Crippen LogP contribution in [0.2, 0.25) is 0 Å². The van der Waals surface area contributed by atoms with Gasteiger partial charge in [0.1, 0.15) is 11.6 Å². The number of halogens is 1. The molecule has 0 N–H and O–H groups in total. The lowest BCUT2D eigenvalue weighted by Gasteiger charge is -2.32. The minimum absolute atomic E-state index is 0.0760. The van der Waals surface area contributed by atoms with Crippen LogP contribution in [0.3, 0.4) is 0 Å². The maximum Gasteiger partial charge on any atom is 0.225 e. The highest BCUT2D eigenvalue weighted by molar-refractivity contribution is 5.77. The maximum absolute atomic E-state index is 13.3. The van der Waals surface area contributed by atoms with Crippen LogP contribution in [0.1, 0.15) is 54.4 Å². The van der Waals surface area contributed by atoms with Gasteiger partial charge in [0.25, 0.3) is 0 Å². The standard InChI is InChI=1S/C23H29FN4O2/c1-16-19-5-3-12-27(15-17-7-9-18(24)10-8-17)23(19)26-22(25-16)20-6-4-13-28(20)21(29)11-14-30-2/h7-10,20H,3-6,11-15H2,1-2H3/t20-/m1/s1. The summed E-state index contributed by atoms with van der Waals surface area (Å²) in [6.45, 7) is 4.80. The molecule has 0 saturated carbocycles. The molecule has 1 amide bonds. The van der Waals surface area contributed by atoms with Crippen LogP contribution in [0.4, 0.5) is 10.2 Å². The van der Waals surface area contributed by atoms with Gasteiger partial charge in [-0.1, -0.05) is 12.1 Å². The van der Waals surface area contributed by atoms with Crippen molar-refractivity contribution in [2.24, 2.45) is 0 Å².